The summed E-state index contributed by atoms with van der Waals surface area (Å²) in [6.45, 7) is 7.78. The number of carbonyl (C=O) groups excluding carboxylic acids is 1. The second-order valence-corrected chi connectivity index (χ2v) is 6.75. The second kappa shape index (κ2) is 7.51. The molecule has 1 saturated heterocycles. The lowest BCUT2D eigenvalue weighted by molar-refractivity contribution is -0.114. The average Bonchev–Trinajstić information content (AvgIpc) is 2.54. The van der Waals surface area contributed by atoms with Crippen LogP contribution >= 0.6 is 0 Å². The molecule has 1 amide bonds. The zero-order chi connectivity index (χ0) is 17.8. The van der Waals surface area contributed by atoms with Gasteiger partial charge in [-0.1, -0.05) is 13.0 Å². The Hall–Kier alpha value is -2.63. The molecule has 2 aromatic rings. The van der Waals surface area contributed by atoms with E-state index in [1.807, 2.05) is 37.3 Å². The minimum absolute atomic E-state index is 0.0864. The zero-order valence-electron chi connectivity index (χ0n) is 15.0. The maximum absolute atomic E-state index is 11.2. The zero-order valence-corrected chi connectivity index (χ0v) is 15.0. The van der Waals surface area contributed by atoms with E-state index in [2.05, 4.69) is 32.4 Å². The SMILES string of the molecule is CC(=O)Nc1cccc(Nc2cc(C)nc(N3CCC(C)CC3)n2)c1. The summed E-state index contributed by atoms with van der Waals surface area (Å²) in [6.07, 6.45) is 2.36. The van der Waals surface area contributed by atoms with Crippen LogP contribution in [-0.4, -0.2) is 29.0 Å². The lowest BCUT2D eigenvalue weighted by atomic mass is 10.00. The van der Waals surface area contributed by atoms with Crippen molar-refractivity contribution >= 4 is 29.0 Å². The molecule has 0 saturated carbocycles. The van der Waals surface area contributed by atoms with Crippen LogP contribution < -0.4 is 15.5 Å². The summed E-state index contributed by atoms with van der Waals surface area (Å²) in [5, 5.41) is 6.11. The number of hydrogen-bond acceptors (Lipinski definition) is 5. The van der Waals surface area contributed by atoms with Crippen molar-refractivity contribution in [2.45, 2.75) is 33.6 Å². The number of piperidine rings is 1. The Bertz CT molecular complexity index is 753. The molecule has 2 N–H and O–H groups in total. The van der Waals surface area contributed by atoms with Gasteiger partial charge in [-0.2, -0.15) is 4.98 Å². The highest BCUT2D eigenvalue weighted by Gasteiger charge is 2.18. The van der Waals surface area contributed by atoms with Gasteiger partial charge in [0, 0.05) is 43.1 Å². The monoisotopic (exact) mass is 339 g/mol. The third-order valence-electron chi connectivity index (χ3n) is 4.36. The van der Waals surface area contributed by atoms with Crippen LogP contribution in [-0.2, 0) is 4.79 Å². The van der Waals surface area contributed by atoms with Gasteiger partial charge in [-0.25, -0.2) is 4.98 Å². The highest BCUT2D eigenvalue weighted by molar-refractivity contribution is 5.89. The normalized spacial score (nSPS) is 15.1. The predicted molar refractivity (Wildman–Crippen MR) is 101 cm³/mol. The summed E-state index contributed by atoms with van der Waals surface area (Å²) >= 11 is 0. The summed E-state index contributed by atoms with van der Waals surface area (Å²) in [6, 6.07) is 9.53. The molecule has 6 nitrogen and oxygen atoms in total. The van der Waals surface area contributed by atoms with Crippen molar-refractivity contribution in [2.24, 2.45) is 5.92 Å². The van der Waals surface area contributed by atoms with Gasteiger partial charge in [0.1, 0.15) is 5.82 Å². The van der Waals surface area contributed by atoms with E-state index in [1.165, 1.54) is 19.8 Å². The van der Waals surface area contributed by atoms with Gasteiger partial charge in [0.05, 0.1) is 0 Å². The van der Waals surface area contributed by atoms with Crippen molar-refractivity contribution in [3.8, 4) is 0 Å². The van der Waals surface area contributed by atoms with Gasteiger partial charge in [-0.05, 0) is 43.9 Å². The molecule has 0 atom stereocenters. The molecule has 0 aliphatic carbocycles. The number of anilines is 4. The molecule has 2 heterocycles. The summed E-state index contributed by atoms with van der Waals surface area (Å²) < 4.78 is 0. The molecular formula is C19H25N5O. The summed E-state index contributed by atoms with van der Waals surface area (Å²) in [7, 11) is 0. The lowest BCUT2D eigenvalue weighted by Gasteiger charge is -2.30. The van der Waals surface area contributed by atoms with Gasteiger partial charge in [-0.3, -0.25) is 4.79 Å². The number of nitrogens with one attached hydrogen (secondary N) is 2. The molecule has 0 radical (unpaired) electrons. The van der Waals surface area contributed by atoms with Gasteiger partial charge < -0.3 is 15.5 Å². The van der Waals surface area contributed by atoms with E-state index >= 15 is 0 Å². The third kappa shape index (κ3) is 4.68. The van der Waals surface area contributed by atoms with Crippen LogP contribution in [0, 0.1) is 12.8 Å². The molecule has 0 spiro atoms. The fraction of sp³-hybridized carbons (Fsp3) is 0.421. The van der Waals surface area contributed by atoms with E-state index < -0.39 is 0 Å². The molecule has 0 unspecified atom stereocenters. The van der Waals surface area contributed by atoms with Gasteiger partial charge >= 0.3 is 0 Å². The Balaban J connectivity index is 1.77. The average molecular weight is 339 g/mol. The Morgan fingerprint density at radius 1 is 1.16 bits per heavy atom. The topological polar surface area (TPSA) is 70.2 Å². The van der Waals surface area contributed by atoms with Crippen molar-refractivity contribution < 1.29 is 4.79 Å². The fourth-order valence-corrected chi connectivity index (χ4v) is 2.99. The lowest BCUT2D eigenvalue weighted by Crippen LogP contribution is -2.34. The van der Waals surface area contributed by atoms with Gasteiger partial charge in [0.15, 0.2) is 0 Å². The van der Waals surface area contributed by atoms with Crippen molar-refractivity contribution in [3.63, 3.8) is 0 Å². The number of rotatable bonds is 4. The number of amides is 1. The van der Waals surface area contributed by atoms with E-state index in [0.29, 0.717) is 0 Å². The number of hydrogen-bond donors (Lipinski definition) is 2. The van der Waals surface area contributed by atoms with Crippen LogP contribution in [0.4, 0.5) is 23.1 Å². The van der Waals surface area contributed by atoms with Crippen LogP contribution in [0.3, 0.4) is 0 Å². The van der Waals surface area contributed by atoms with E-state index in [1.54, 1.807) is 0 Å². The van der Waals surface area contributed by atoms with Gasteiger partial charge in [0.2, 0.25) is 11.9 Å². The maximum atomic E-state index is 11.2. The van der Waals surface area contributed by atoms with Crippen molar-refractivity contribution in [3.05, 3.63) is 36.0 Å². The quantitative estimate of drug-likeness (QED) is 0.888. The Labute approximate surface area is 148 Å². The van der Waals surface area contributed by atoms with Crippen LogP contribution in [0.25, 0.3) is 0 Å². The molecule has 6 heteroatoms. The van der Waals surface area contributed by atoms with E-state index in [9.17, 15) is 4.79 Å². The van der Waals surface area contributed by atoms with Crippen LogP contribution in [0.1, 0.15) is 32.4 Å². The molecule has 1 aliphatic heterocycles. The van der Waals surface area contributed by atoms with E-state index in [0.717, 1.165) is 47.8 Å². The van der Waals surface area contributed by atoms with Crippen LogP contribution in [0.5, 0.6) is 0 Å². The molecule has 0 bridgehead atoms. The van der Waals surface area contributed by atoms with Crippen LogP contribution in [0.2, 0.25) is 0 Å². The first-order chi connectivity index (χ1) is 12.0. The number of benzene rings is 1. The van der Waals surface area contributed by atoms with E-state index in [4.69, 9.17) is 0 Å². The van der Waals surface area contributed by atoms with Crippen molar-refractivity contribution in [1.29, 1.82) is 0 Å². The number of nitrogens with zero attached hydrogens (tertiary/aromatic N) is 3. The summed E-state index contributed by atoms with van der Waals surface area (Å²) in [4.78, 5) is 22.8. The van der Waals surface area contributed by atoms with Crippen molar-refractivity contribution in [2.75, 3.05) is 28.6 Å². The first-order valence-electron chi connectivity index (χ1n) is 8.75. The summed E-state index contributed by atoms with van der Waals surface area (Å²) in [5.41, 5.74) is 2.57. The fourth-order valence-electron chi connectivity index (χ4n) is 2.99. The molecule has 3 rings (SSSR count). The Morgan fingerprint density at radius 2 is 1.88 bits per heavy atom. The highest BCUT2D eigenvalue weighted by Crippen LogP contribution is 2.24. The molecular weight excluding hydrogens is 314 g/mol. The molecule has 1 aliphatic rings. The Morgan fingerprint density at radius 3 is 2.60 bits per heavy atom. The third-order valence-corrected chi connectivity index (χ3v) is 4.36. The standard InChI is InChI=1S/C19H25N5O/c1-13-7-9-24(10-8-13)19-20-14(2)11-18(23-19)22-17-6-4-5-16(12-17)21-15(3)25/h4-6,11-13H,7-10H2,1-3H3,(H,21,25)(H,20,22,23). The van der Waals surface area contributed by atoms with Crippen LogP contribution in [0.15, 0.2) is 30.3 Å². The maximum Gasteiger partial charge on any atom is 0.227 e. The van der Waals surface area contributed by atoms with E-state index in [-0.39, 0.29) is 5.91 Å². The number of carbonyl (C=O) groups is 1. The van der Waals surface area contributed by atoms with Crippen molar-refractivity contribution in [1.82, 2.24) is 9.97 Å². The minimum atomic E-state index is -0.0864. The number of aromatic nitrogens is 2. The van der Waals surface area contributed by atoms with Gasteiger partial charge in [0.25, 0.3) is 0 Å². The highest BCUT2D eigenvalue weighted by atomic mass is 16.1. The smallest absolute Gasteiger partial charge is 0.227 e. The molecule has 1 aromatic carbocycles. The van der Waals surface area contributed by atoms with Gasteiger partial charge in [-0.15, -0.1) is 0 Å². The molecule has 132 valence electrons. The Kier molecular flexibility index (Phi) is 5.16. The first kappa shape index (κ1) is 17.2. The first-order valence-corrected chi connectivity index (χ1v) is 8.75. The number of aryl methyl sites for hydroxylation is 1. The molecule has 1 aromatic heterocycles. The molecule has 1 fully saturated rings. The summed E-state index contributed by atoms with van der Waals surface area (Å²) in [5.74, 6) is 2.24. The second-order valence-electron chi connectivity index (χ2n) is 6.75. The molecule has 25 heavy (non-hydrogen) atoms. The minimum Gasteiger partial charge on any atom is -0.341 e. The predicted octanol–water partition coefficient (Wildman–Crippen LogP) is 3.72. The largest absolute Gasteiger partial charge is 0.341 e.